The summed E-state index contributed by atoms with van der Waals surface area (Å²) >= 11 is 0. The van der Waals surface area contributed by atoms with Gasteiger partial charge in [0.25, 0.3) is 5.91 Å². The number of likely N-dealkylation sites (tertiary alicyclic amines) is 1. The zero-order valence-electron chi connectivity index (χ0n) is 16.5. The summed E-state index contributed by atoms with van der Waals surface area (Å²) in [6.45, 7) is 4.50. The number of esters is 1. The van der Waals surface area contributed by atoms with Crippen LogP contribution in [-0.4, -0.2) is 43.1 Å². The van der Waals surface area contributed by atoms with Crippen LogP contribution in [0.1, 0.15) is 58.8 Å². The topological polar surface area (TPSA) is 46.6 Å². The molecule has 0 aromatic carbocycles. The normalized spacial score (nSPS) is 50.7. The number of alkyl halides is 1. The summed E-state index contributed by atoms with van der Waals surface area (Å²) in [5.74, 6) is 1.12. The summed E-state index contributed by atoms with van der Waals surface area (Å²) in [5.41, 5.74) is -0.126. The van der Waals surface area contributed by atoms with E-state index in [1.807, 2.05) is 0 Å². The van der Waals surface area contributed by atoms with Gasteiger partial charge in [0.1, 0.15) is 0 Å². The Hall–Kier alpha value is -1.13. The van der Waals surface area contributed by atoms with Crippen LogP contribution < -0.4 is 0 Å². The standard InChI is InChI=1S/C21H32FNO3/c1-20-10-9-14-12(13(20)6-7-15(20)19(25)26-4)5-8-17-21(14,2)11-16(22)18(24)23(17)3/h12-17H,5-11H2,1-4H3/t12-,13-,14?,15+,16?,17?,20-,21+/m0/s1. The van der Waals surface area contributed by atoms with E-state index in [0.29, 0.717) is 24.2 Å². The largest absolute Gasteiger partial charge is 0.469 e. The number of carbonyl (C=O) groups excluding carboxylic acids is 2. The maximum atomic E-state index is 14.5. The van der Waals surface area contributed by atoms with Crippen molar-refractivity contribution in [1.82, 2.24) is 4.90 Å². The Morgan fingerprint density at radius 3 is 2.50 bits per heavy atom. The Labute approximate surface area is 155 Å². The first kappa shape index (κ1) is 18.2. The minimum atomic E-state index is -1.36. The van der Waals surface area contributed by atoms with Crippen LogP contribution in [0.2, 0.25) is 0 Å². The fraction of sp³-hybridized carbons (Fsp3) is 0.905. The Balaban J connectivity index is 1.64. The third-order valence-corrected chi connectivity index (χ3v) is 9.01. The molecular weight excluding hydrogens is 333 g/mol. The van der Waals surface area contributed by atoms with Gasteiger partial charge in [0, 0.05) is 13.1 Å². The minimum Gasteiger partial charge on any atom is -0.469 e. The average Bonchev–Trinajstić information content (AvgIpc) is 2.96. The van der Waals surface area contributed by atoms with Crippen molar-refractivity contribution in [2.45, 2.75) is 71.0 Å². The Morgan fingerprint density at radius 1 is 1.12 bits per heavy atom. The molecular formula is C21H32FNO3. The maximum absolute atomic E-state index is 14.5. The van der Waals surface area contributed by atoms with Crippen LogP contribution in [0.15, 0.2) is 0 Å². The fourth-order valence-electron chi connectivity index (χ4n) is 7.74. The third kappa shape index (κ3) is 2.24. The predicted molar refractivity (Wildman–Crippen MR) is 96.0 cm³/mol. The quantitative estimate of drug-likeness (QED) is 0.667. The molecule has 0 radical (unpaired) electrons. The van der Waals surface area contributed by atoms with Gasteiger partial charge in [0.15, 0.2) is 6.17 Å². The van der Waals surface area contributed by atoms with Gasteiger partial charge in [0.05, 0.1) is 13.0 Å². The van der Waals surface area contributed by atoms with Gasteiger partial charge in [-0.25, -0.2) is 4.39 Å². The fourth-order valence-corrected chi connectivity index (χ4v) is 7.74. The highest BCUT2D eigenvalue weighted by Crippen LogP contribution is 2.66. The van der Waals surface area contributed by atoms with Crippen LogP contribution in [0.3, 0.4) is 0 Å². The van der Waals surface area contributed by atoms with Crippen LogP contribution in [0.4, 0.5) is 4.39 Å². The summed E-state index contributed by atoms with van der Waals surface area (Å²) in [5, 5.41) is 0. The summed E-state index contributed by atoms with van der Waals surface area (Å²) in [4.78, 5) is 26.2. The molecule has 3 unspecified atom stereocenters. The van der Waals surface area contributed by atoms with Crippen molar-refractivity contribution in [3.8, 4) is 0 Å². The van der Waals surface area contributed by atoms with Crippen molar-refractivity contribution in [3.05, 3.63) is 0 Å². The van der Waals surface area contributed by atoms with E-state index in [4.69, 9.17) is 4.74 Å². The number of halogens is 1. The first-order chi connectivity index (χ1) is 12.2. The van der Waals surface area contributed by atoms with Crippen LogP contribution in [-0.2, 0) is 14.3 Å². The number of piperidine rings is 1. The van der Waals surface area contributed by atoms with Crippen molar-refractivity contribution < 1.29 is 18.7 Å². The number of methoxy groups -OCH3 is 1. The van der Waals surface area contributed by atoms with Crippen molar-refractivity contribution in [3.63, 3.8) is 0 Å². The highest BCUT2D eigenvalue weighted by molar-refractivity contribution is 5.82. The second-order valence-corrected chi connectivity index (χ2v) is 9.79. The molecule has 1 heterocycles. The van der Waals surface area contributed by atoms with E-state index < -0.39 is 6.17 Å². The Morgan fingerprint density at radius 2 is 1.81 bits per heavy atom. The number of hydrogen-bond donors (Lipinski definition) is 0. The van der Waals surface area contributed by atoms with Crippen molar-refractivity contribution in [1.29, 1.82) is 0 Å². The molecule has 4 rings (SSSR count). The number of amides is 1. The highest BCUT2D eigenvalue weighted by atomic mass is 19.1. The van der Waals surface area contributed by atoms with Crippen molar-refractivity contribution in [2.75, 3.05) is 14.2 Å². The zero-order valence-corrected chi connectivity index (χ0v) is 16.5. The molecule has 1 amide bonds. The summed E-state index contributed by atoms with van der Waals surface area (Å²) in [6.07, 6.45) is 5.09. The molecule has 4 fully saturated rings. The van der Waals surface area contributed by atoms with Gasteiger partial charge in [-0.1, -0.05) is 13.8 Å². The lowest BCUT2D eigenvalue weighted by Crippen LogP contribution is -2.64. The van der Waals surface area contributed by atoms with Gasteiger partial charge in [-0.3, -0.25) is 9.59 Å². The van der Waals surface area contributed by atoms with E-state index in [1.165, 1.54) is 7.11 Å². The van der Waals surface area contributed by atoms with Crippen molar-refractivity contribution in [2.24, 2.45) is 34.5 Å². The molecule has 1 saturated heterocycles. The van der Waals surface area contributed by atoms with Gasteiger partial charge < -0.3 is 9.64 Å². The Bertz CT molecular complexity index is 624. The molecule has 26 heavy (non-hydrogen) atoms. The first-order valence-electron chi connectivity index (χ1n) is 10.2. The lowest BCUT2D eigenvalue weighted by molar-refractivity contribution is -0.171. The molecule has 0 bridgehead atoms. The zero-order chi connectivity index (χ0) is 18.9. The smallest absolute Gasteiger partial charge is 0.309 e. The number of rotatable bonds is 1. The molecule has 3 aliphatic carbocycles. The molecule has 0 aromatic heterocycles. The van der Waals surface area contributed by atoms with Crippen LogP contribution in [0.5, 0.6) is 0 Å². The lowest BCUT2D eigenvalue weighted by Gasteiger charge is -2.62. The third-order valence-electron chi connectivity index (χ3n) is 9.01. The second kappa shape index (κ2) is 5.93. The molecule has 5 heteroatoms. The molecule has 4 aliphatic rings. The summed E-state index contributed by atoms with van der Waals surface area (Å²) < 4.78 is 19.6. The van der Waals surface area contributed by atoms with E-state index in [0.717, 1.165) is 38.5 Å². The predicted octanol–water partition coefficient (Wildman–Crippen LogP) is 3.59. The number of nitrogens with zero attached hydrogens (tertiary/aromatic N) is 1. The molecule has 0 N–H and O–H groups in total. The molecule has 0 aromatic rings. The number of hydrogen-bond acceptors (Lipinski definition) is 3. The average molecular weight is 365 g/mol. The van der Waals surface area contributed by atoms with Gasteiger partial charge >= 0.3 is 5.97 Å². The lowest BCUT2D eigenvalue weighted by atomic mass is 9.46. The highest BCUT2D eigenvalue weighted by Gasteiger charge is 2.63. The van der Waals surface area contributed by atoms with E-state index >= 15 is 0 Å². The molecule has 1 aliphatic heterocycles. The van der Waals surface area contributed by atoms with Gasteiger partial charge in [-0.15, -0.1) is 0 Å². The van der Waals surface area contributed by atoms with Gasteiger partial charge in [0.2, 0.25) is 0 Å². The molecule has 8 atom stereocenters. The number of fused-ring (bicyclic) bond motifs is 5. The molecule has 146 valence electrons. The SMILES string of the molecule is COC(=O)[C@H]1CC[C@H]2[C@@H]3CCC4N(C)C(=O)C(F)C[C@]4(C)C3CC[C@]12C. The van der Waals surface area contributed by atoms with Gasteiger partial charge in [-0.05, 0) is 73.5 Å². The number of ether oxygens (including phenoxy) is 1. The Kier molecular flexibility index (Phi) is 4.16. The van der Waals surface area contributed by atoms with Crippen LogP contribution >= 0.6 is 0 Å². The van der Waals surface area contributed by atoms with Crippen LogP contribution in [0.25, 0.3) is 0 Å². The monoisotopic (exact) mass is 365 g/mol. The van der Waals surface area contributed by atoms with E-state index in [-0.39, 0.29) is 34.7 Å². The minimum absolute atomic E-state index is 0.00788. The van der Waals surface area contributed by atoms with Crippen LogP contribution in [0, 0.1) is 34.5 Å². The molecule has 0 spiro atoms. The summed E-state index contributed by atoms with van der Waals surface area (Å²) in [7, 11) is 3.28. The maximum Gasteiger partial charge on any atom is 0.309 e. The summed E-state index contributed by atoms with van der Waals surface area (Å²) in [6, 6.07) is 0.158. The van der Waals surface area contributed by atoms with E-state index in [9.17, 15) is 14.0 Å². The first-order valence-corrected chi connectivity index (χ1v) is 10.2. The van der Waals surface area contributed by atoms with Gasteiger partial charge in [-0.2, -0.15) is 0 Å². The van der Waals surface area contributed by atoms with E-state index in [1.54, 1.807) is 11.9 Å². The molecule has 3 saturated carbocycles. The van der Waals surface area contributed by atoms with Crippen molar-refractivity contribution >= 4 is 11.9 Å². The van der Waals surface area contributed by atoms with E-state index in [2.05, 4.69) is 13.8 Å². The number of carbonyl (C=O) groups is 2. The molecule has 4 nitrogen and oxygen atoms in total. The second-order valence-electron chi connectivity index (χ2n) is 9.79.